The summed E-state index contributed by atoms with van der Waals surface area (Å²) < 4.78 is 0. The lowest BCUT2D eigenvalue weighted by Gasteiger charge is -2.10. The fraction of sp³-hybridized carbons (Fsp3) is 0. The van der Waals surface area contributed by atoms with Gasteiger partial charge in [-0.05, 0) is 0 Å². The maximum atomic E-state index is 9.41. The third-order valence-corrected chi connectivity index (χ3v) is 4.26. The van der Waals surface area contributed by atoms with Gasteiger partial charge >= 0.3 is 0 Å². The van der Waals surface area contributed by atoms with Crippen molar-refractivity contribution in [2.45, 2.75) is 24.5 Å². The summed E-state index contributed by atoms with van der Waals surface area (Å²) in [7, 11) is 0. The first-order valence-electron chi connectivity index (χ1n) is 2.84. The van der Waals surface area contributed by atoms with Gasteiger partial charge in [-0.3, -0.25) is 0 Å². The maximum Gasteiger partial charge on any atom is 0.144 e. The van der Waals surface area contributed by atoms with Crippen molar-refractivity contribution in [1.29, 1.82) is 0 Å². The normalized spacial score (nSPS) is 10.4. The van der Waals surface area contributed by atoms with Gasteiger partial charge in [-0.2, -0.15) is 0 Å². The number of phenols is 1. The van der Waals surface area contributed by atoms with Crippen LogP contribution < -0.4 is 0 Å². The molecule has 0 amide bonds. The zero-order valence-corrected chi connectivity index (χ0v) is 10.2. The Kier molecular flexibility index (Phi) is 3.50. The molecule has 0 saturated carbocycles. The van der Waals surface area contributed by atoms with Crippen molar-refractivity contribution in [1.82, 2.24) is 0 Å². The van der Waals surface area contributed by atoms with E-state index in [9.17, 15) is 5.11 Å². The highest BCUT2D eigenvalue weighted by molar-refractivity contribution is 7.87. The Bertz CT molecular complexity index is 230. The lowest BCUT2D eigenvalue weighted by atomic mass is 10.3. The smallest absolute Gasteiger partial charge is 0.144 e. The van der Waals surface area contributed by atoms with Crippen LogP contribution in [0.2, 0.25) is 0 Å². The van der Waals surface area contributed by atoms with Crippen LogP contribution in [0.4, 0.5) is 0 Å². The summed E-state index contributed by atoms with van der Waals surface area (Å²) in [6.45, 7) is 0. The molecule has 0 aliphatic rings. The highest BCUT2D eigenvalue weighted by Gasteiger charge is 2.13. The number of thiol groups is 5. The van der Waals surface area contributed by atoms with E-state index in [1.807, 2.05) is 0 Å². The Labute approximate surface area is 98.0 Å². The number of hydrogen-bond acceptors (Lipinski definition) is 6. The van der Waals surface area contributed by atoms with Crippen LogP contribution >= 0.6 is 63.1 Å². The van der Waals surface area contributed by atoms with Crippen molar-refractivity contribution in [3.05, 3.63) is 0 Å². The highest BCUT2D eigenvalue weighted by Crippen LogP contribution is 2.42. The Morgan fingerprint density at radius 3 is 1.17 bits per heavy atom. The molecular weight excluding hydrogens is 248 g/mol. The van der Waals surface area contributed by atoms with E-state index in [-0.39, 0.29) is 5.75 Å². The van der Waals surface area contributed by atoms with Gasteiger partial charge in [0.2, 0.25) is 0 Å². The van der Waals surface area contributed by atoms with Crippen LogP contribution in [-0.4, -0.2) is 5.11 Å². The average Bonchev–Trinajstić information content (AvgIpc) is 2.08. The standard InChI is InChI=1S/C6H6OS5/c7-1-2(8)4(10)6(12)5(11)3(1)9/h7-12H. The minimum absolute atomic E-state index is 0.0190. The van der Waals surface area contributed by atoms with Gasteiger partial charge in [0.15, 0.2) is 0 Å². The Balaban J connectivity index is 3.60. The molecular formula is C6H6OS5. The fourth-order valence-electron chi connectivity index (χ4n) is 0.673. The molecule has 0 aromatic heterocycles. The van der Waals surface area contributed by atoms with Gasteiger partial charge in [0.25, 0.3) is 0 Å². The molecule has 1 aromatic carbocycles. The van der Waals surface area contributed by atoms with Crippen LogP contribution in [0, 0.1) is 0 Å². The lowest BCUT2D eigenvalue weighted by molar-refractivity contribution is 0.440. The summed E-state index contributed by atoms with van der Waals surface area (Å²) in [5.41, 5.74) is 0. The van der Waals surface area contributed by atoms with Crippen LogP contribution in [-0.2, 0) is 0 Å². The molecule has 1 N–H and O–H groups in total. The number of benzene rings is 1. The minimum atomic E-state index is -0.0190. The molecule has 0 heterocycles. The van der Waals surface area contributed by atoms with Crippen molar-refractivity contribution in [3.8, 4) is 5.75 Å². The number of phenolic OH excluding ortho intramolecular Hbond substituents is 1. The molecule has 0 aliphatic carbocycles. The second kappa shape index (κ2) is 3.88. The third-order valence-electron chi connectivity index (χ3n) is 1.35. The monoisotopic (exact) mass is 254 g/mol. The van der Waals surface area contributed by atoms with Gasteiger partial charge in [0.05, 0.1) is 9.79 Å². The second-order valence-corrected chi connectivity index (χ2v) is 4.33. The summed E-state index contributed by atoms with van der Waals surface area (Å²) in [6, 6.07) is 0. The van der Waals surface area contributed by atoms with E-state index in [2.05, 4.69) is 63.1 Å². The van der Waals surface area contributed by atoms with Crippen LogP contribution in [0.3, 0.4) is 0 Å². The van der Waals surface area contributed by atoms with Gasteiger partial charge in [-0.25, -0.2) is 0 Å². The van der Waals surface area contributed by atoms with Crippen LogP contribution in [0.5, 0.6) is 5.75 Å². The van der Waals surface area contributed by atoms with E-state index < -0.39 is 0 Å². The molecule has 0 bridgehead atoms. The molecule has 0 atom stereocenters. The minimum Gasteiger partial charge on any atom is -0.506 e. The molecule has 0 unspecified atom stereocenters. The molecule has 0 fully saturated rings. The molecule has 12 heavy (non-hydrogen) atoms. The number of hydrogen-bond donors (Lipinski definition) is 6. The van der Waals surface area contributed by atoms with Crippen molar-refractivity contribution >= 4 is 63.1 Å². The Morgan fingerprint density at radius 1 is 0.583 bits per heavy atom. The van der Waals surface area contributed by atoms with E-state index in [0.717, 1.165) is 0 Å². The largest absolute Gasteiger partial charge is 0.506 e. The quantitative estimate of drug-likeness (QED) is 0.394. The van der Waals surface area contributed by atoms with E-state index >= 15 is 0 Å². The van der Waals surface area contributed by atoms with E-state index in [0.29, 0.717) is 24.5 Å². The van der Waals surface area contributed by atoms with Gasteiger partial charge in [-0.1, -0.05) is 0 Å². The summed E-state index contributed by atoms with van der Waals surface area (Å²) in [5.74, 6) is -0.0190. The van der Waals surface area contributed by atoms with Crippen molar-refractivity contribution in [2.24, 2.45) is 0 Å². The SMILES string of the molecule is Oc1c(S)c(S)c(S)c(S)c1S. The first-order chi connectivity index (χ1) is 5.46. The molecule has 6 heteroatoms. The van der Waals surface area contributed by atoms with Crippen molar-refractivity contribution in [3.63, 3.8) is 0 Å². The van der Waals surface area contributed by atoms with E-state index in [1.54, 1.807) is 0 Å². The average molecular weight is 254 g/mol. The topological polar surface area (TPSA) is 20.2 Å². The predicted molar refractivity (Wildman–Crippen MR) is 64.4 cm³/mol. The molecule has 66 valence electrons. The zero-order valence-electron chi connectivity index (χ0n) is 5.68. The van der Waals surface area contributed by atoms with Gasteiger partial charge in [-0.15, -0.1) is 63.1 Å². The highest BCUT2D eigenvalue weighted by atomic mass is 32.1. The summed E-state index contributed by atoms with van der Waals surface area (Å²) in [4.78, 5) is 2.30. The van der Waals surface area contributed by atoms with E-state index in [1.165, 1.54) is 0 Å². The molecule has 0 saturated heterocycles. The van der Waals surface area contributed by atoms with Gasteiger partial charge < -0.3 is 5.11 Å². The Morgan fingerprint density at radius 2 is 0.833 bits per heavy atom. The lowest BCUT2D eigenvalue weighted by Crippen LogP contribution is -1.83. The first kappa shape index (κ1) is 10.8. The van der Waals surface area contributed by atoms with Crippen molar-refractivity contribution in [2.75, 3.05) is 0 Å². The second-order valence-electron chi connectivity index (χ2n) is 2.09. The van der Waals surface area contributed by atoms with Gasteiger partial charge in [0, 0.05) is 14.7 Å². The van der Waals surface area contributed by atoms with Crippen LogP contribution in [0.15, 0.2) is 24.5 Å². The molecule has 0 aliphatic heterocycles. The van der Waals surface area contributed by atoms with Gasteiger partial charge in [0.1, 0.15) is 5.75 Å². The molecule has 1 rings (SSSR count). The first-order valence-corrected chi connectivity index (χ1v) is 5.08. The molecule has 0 radical (unpaired) electrons. The summed E-state index contributed by atoms with van der Waals surface area (Å²) in [5, 5.41) is 9.41. The van der Waals surface area contributed by atoms with E-state index in [4.69, 9.17) is 0 Å². The van der Waals surface area contributed by atoms with Crippen molar-refractivity contribution < 1.29 is 5.11 Å². The summed E-state index contributed by atoms with van der Waals surface area (Å²) in [6.07, 6.45) is 0. The Hall–Kier alpha value is 0.770. The predicted octanol–water partition coefficient (Wildman–Crippen LogP) is 2.84. The zero-order chi connectivity index (χ0) is 9.46. The molecule has 1 aromatic rings. The maximum absolute atomic E-state index is 9.41. The molecule has 0 spiro atoms. The van der Waals surface area contributed by atoms with Crippen LogP contribution in [0.1, 0.15) is 0 Å². The third kappa shape index (κ3) is 1.68. The number of aromatic hydroxyl groups is 1. The number of rotatable bonds is 0. The summed E-state index contributed by atoms with van der Waals surface area (Å²) >= 11 is 20.4. The fourth-order valence-corrected chi connectivity index (χ4v) is 2.13. The van der Waals surface area contributed by atoms with Crippen LogP contribution in [0.25, 0.3) is 0 Å². The molecule has 1 nitrogen and oxygen atoms in total.